The minimum atomic E-state index is -0.419. The monoisotopic (exact) mass is 459 g/mol. The molecule has 0 aliphatic carbocycles. The van der Waals surface area contributed by atoms with Crippen LogP contribution in [0.25, 0.3) is 11.4 Å². The van der Waals surface area contributed by atoms with Crippen molar-refractivity contribution < 1.29 is 4.79 Å². The van der Waals surface area contributed by atoms with E-state index in [1.165, 1.54) is 4.80 Å². The standard InChI is InChI=1S/C22H18ClN9O/c23-18-14-31(13-16-7-3-1-4-8-16)27-21(18)24-22(33)19-11-12-30(26-19)15-32-28-20(25-29-32)17-9-5-2-6-10-17/h1-12,14H,13,15H2,(H,24,27,33). The zero-order valence-electron chi connectivity index (χ0n) is 17.3. The van der Waals surface area contributed by atoms with Crippen molar-refractivity contribution >= 4 is 23.3 Å². The average Bonchev–Trinajstić information content (AvgIpc) is 3.57. The summed E-state index contributed by atoms with van der Waals surface area (Å²) in [6.07, 6.45) is 3.33. The second-order valence-corrected chi connectivity index (χ2v) is 7.60. The van der Waals surface area contributed by atoms with Crippen LogP contribution in [0.1, 0.15) is 16.1 Å². The molecule has 0 unspecified atom stereocenters. The molecule has 5 rings (SSSR count). The van der Waals surface area contributed by atoms with Crippen LogP contribution in [0, 0.1) is 0 Å². The number of rotatable bonds is 7. The second-order valence-electron chi connectivity index (χ2n) is 7.20. The number of tetrazole rings is 1. The Balaban J connectivity index is 1.23. The minimum Gasteiger partial charge on any atom is -0.302 e. The van der Waals surface area contributed by atoms with Gasteiger partial charge in [-0.2, -0.15) is 10.2 Å². The maximum Gasteiger partial charge on any atom is 0.277 e. The normalized spacial score (nSPS) is 10.9. The van der Waals surface area contributed by atoms with Gasteiger partial charge in [0.25, 0.3) is 5.91 Å². The Morgan fingerprint density at radius 1 is 0.909 bits per heavy atom. The summed E-state index contributed by atoms with van der Waals surface area (Å²) in [6, 6.07) is 21.0. The minimum absolute atomic E-state index is 0.208. The van der Waals surface area contributed by atoms with Crippen molar-refractivity contribution in [2.45, 2.75) is 13.2 Å². The summed E-state index contributed by atoms with van der Waals surface area (Å²) in [5.41, 5.74) is 2.16. The van der Waals surface area contributed by atoms with Gasteiger partial charge in [-0.25, -0.2) is 4.68 Å². The Morgan fingerprint density at radius 2 is 1.67 bits per heavy atom. The topological polar surface area (TPSA) is 108 Å². The zero-order chi connectivity index (χ0) is 22.6. The van der Waals surface area contributed by atoms with Crippen molar-refractivity contribution in [3.05, 3.63) is 95.4 Å². The quantitative estimate of drug-likeness (QED) is 0.400. The number of aromatic nitrogens is 8. The average molecular weight is 460 g/mol. The maximum absolute atomic E-state index is 12.6. The first-order chi connectivity index (χ1) is 16.1. The lowest BCUT2D eigenvalue weighted by Crippen LogP contribution is -2.16. The Hall–Kier alpha value is -4.31. The van der Waals surface area contributed by atoms with Crippen molar-refractivity contribution in [3.63, 3.8) is 0 Å². The van der Waals surface area contributed by atoms with E-state index in [9.17, 15) is 4.79 Å². The number of carbonyl (C=O) groups excluding carboxylic acids is 1. The smallest absolute Gasteiger partial charge is 0.277 e. The first kappa shape index (κ1) is 20.6. The maximum atomic E-state index is 12.6. The van der Waals surface area contributed by atoms with Crippen LogP contribution in [-0.2, 0) is 13.2 Å². The summed E-state index contributed by atoms with van der Waals surface area (Å²) < 4.78 is 3.22. The van der Waals surface area contributed by atoms with Gasteiger partial charge in [0.2, 0.25) is 5.82 Å². The SMILES string of the molecule is O=C(Nc1nn(Cc2ccccc2)cc1Cl)c1ccn(Cn2nnc(-c3ccccc3)n2)n1. The van der Waals surface area contributed by atoms with E-state index >= 15 is 0 Å². The number of amides is 1. The summed E-state index contributed by atoms with van der Waals surface area (Å²) in [5.74, 6) is 0.371. The van der Waals surface area contributed by atoms with Crippen LogP contribution in [0.15, 0.2) is 79.1 Å². The van der Waals surface area contributed by atoms with E-state index in [2.05, 4.69) is 30.9 Å². The van der Waals surface area contributed by atoms with Gasteiger partial charge in [0.1, 0.15) is 5.02 Å². The predicted molar refractivity (Wildman–Crippen MR) is 122 cm³/mol. The fourth-order valence-electron chi connectivity index (χ4n) is 3.20. The largest absolute Gasteiger partial charge is 0.302 e. The van der Waals surface area contributed by atoms with E-state index in [0.717, 1.165) is 11.1 Å². The molecule has 33 heavy (non-hydrogen) atoms. The lowest BCUT2D eigenvalue weighted by molar-refractivity contribution is 0.102. The van der Waals surface area contributed by atoms with Gasteiger partial charge in [0, 0.05) is 18.0 Å². The molecule has 0 radical (unpaired) electrons. The van der Waals surface area contributed by atoms with Crippen LogP contribution >= 0.6 is 11.6 Å². The molecule has 0 saturated carbocycles. The number of anilines is 1. The first-order valence-electron chi connectivity index (χ1n) is 10.1. The Bertz CT molecular complexity index is 1380. The summed E-state index contributed by atoms with van der Waals surface area (Å²) in [5, 5.41) is 24.2. The highest BCUT2D eigenvalue weighted by Crippen LogP contribution is 2.20. The van der Waals surface area contributed by atoms with Gasteiger partial charge in [0.15, 0.2) is 18.2 Å². The molecule has 11 heteroatoms. The highest BCUT2D eigenvalue weighted by atomic mass is 35.5. The second kappa shape index (κ2) is 9.05. The van der Waals surface area contributed by atoms with Gasteiger partial charge in [-0.15, -0.1) is 15.0 Å². The molecule has 5 aromatic rings. The highest BCUT2D eigenvalue weighted by molar-refractivity contribution is 6.33. The fraction of sp³-hybridized carbons (Fsp3) is 0.0909. The molecule has 2 aromatic carbocycles. The predicted octanol–water partition coefficient (Wildman–Crippen LogP) is 3.19. The number of nitrogens with zero attached hydrogens (tertiary/aromatic N) is 8. The molecule has 1 amide bonds. The van der Waals surface area contributed by atoms with Gasteiger partial charge in [-0.1, -0.05) is 72.3 Å². The molecule has 0 fully saturated rings. The fourth-order valence-corrected chi connectivity index (χ4v) is 3.40. The molecule has 0 saturated heterocycles. The van der Waals surface area contributed by atoms with E-state index in [-0.39, 0.29) is 18.2 Å². The van der Waals surface area contributed by atoms with E-state index in [1.54, 1.807) is 27.8 Å². The molecule has 0 bridgehead atoms. The number of carbonyl (C=O) groups is 1. The Kier molecular flexibility index (Phi) is 5.64. The number of nitrogens with one attached hydrogen (secondary N) is 1. The molecule has 164 valence electrons. The first-order valence-corrected chi connectivity index (χ1v) is 10.5. The Labute approximate surface area is 193 Å². The molecule has 1 N–H and O–H groups in total. The summed E-state index contributed by atoms with van der Waals surface area (Å²) in [4.78, 5) is 14.0. The summed E-state index contributed by atoms with van der Waals surface area (Å²) in [6.45, 7) is 0.751. The van der Waals surface area contributed by atoms with Crippen molar-refractivity contribution in [1.82, 2.24) is 39.8 Å². The lowest BCUT2D eigenvalue weighted by atomic mass is 10.2. The molecule has 0 aliphatic heterocycles. The molecule has 0 aliphatic rings. The third-order valence-electron chi connectivity index (χ3n) is 4.77. The van der Waals surface area contributed by atoms with Crippen LogP contribution in [0.4, 0.5) is 5.82 Å². The van der Waals surface area contributed by atoms with Crippen LogP contribution in [0.5, 0.6) is 0 Å². The molecule has 3 heterocycles. The molecule has 10 nitrogen and oxygen atoms in total. The van der Waals surface area contributed by atoms with Gasteiger partial charge >= 0.3 is 0 Å². The lowest BCUT2D eigenvalue weighted by Gasteiger charge is -2.02. The molecular weight excluding hydrogens is 442 g/mol. The number of hydrogen-bond acceptors (Lipinski definition) is 6. The van der Waals surface area contributed by atoms with Crippen LogP contribution in [-0.4, -0.2) is 45.7 Å². The summed E-state index contributed by atoms with van der Waals surface area (Å²) >= 11 is 6.26. The molecule has 0 spiro atoms. The van der Waals surface area contributed by atoms with Gasteiger partial charge < -0.3 is 5.32 Å². The van der Waals surface area contributed by atoms with E-state index in [0.29, 0.717) is 17.4 Å². The molecular formula is C22H18ClN9O. The Morgan fingerprint density at radius 3 is 2.45 bits per heavy atom. The van der Waals surface area contributed by atoms with Crippen molar-refractivity contribution in [2.24, 2.45) is 0 Å². The van der Waals surface area contributed by atoms with Gasteiger partial charge in [-0.05, 0) is 16.8 Å². The van der Waals surface area contributed by atoms with Crippen molar-refractivity contribution in [1.29, 1.82) is 0 Å². The zero-order valence-corrected chi connectivity index (χ0v) is 18.0. The number of halogens is 1. The number of hydrogen-bond donors (Lipinski definition) is 1. The highest BCUT2D eigenvalue weighted by Gasteiger charge is 2.15. The van der Waals surface area contributed by atoms with Crippen molar-refractivity contribution in [3.8, 4) is 11.4 Å². The van der Waals surface area contributed by atoms with Crippen LogP contribution < -0.4 is 5.32 Å². The summed E-state index contributed by atoms with van der Waals surface area (Å²) in [7, 11) is 0. The van der Waals surface area contributed by atoms with Gasteiger partial charge in [-0.3, -0.25) is 9.48 Å². The number of benzene rings is 2. The van der Waals surface area contributed by atoms with E-state index in [4.69, 9.17) is 11.6 Å². The van der Waals surface area contributed by atoms with Crippen LogP contribution in [0.2, 0.25) is 5.02 Å². The van der Waals surface area contributed by atoms with Crippen molar-refractivity contribution in [2.75, 3.05) is 5.32 Å². The molecule has 0 atom stereocenters. The third-order valence-corrected chi connectivity index (χ3v) is 5.04. The molecule has 3 aromatic heterocycles. The van der Waals surface area contributed by atoms with E-state index in [1.807, 2.05) is 60.7 Å². The van der Waals surface area contributed by atoms with E-state index < -0.39 is 5.91 Å². The van der Waals surface area contributed by atoms with Gasteiger partial charge in [0.05, 0.1) is 6.54 Å². The third kappa shape index (κ3) is 4.80. The van der Waals surface area contributed by atoms with Crippen LogP contribution in [0.3, 0.4) is 0 Å².